The van der Waals surface area contributed by atoms with Crippen molar-refractivity contribution in [3.05, 3.63) is 12.2 Å². The van der Waals surface area contributed by atoms with Crippen LogP contribution in [0.3, 0.4) is 0 Å². The molecule has 3 rings (SSSR count). The first-order chi connectivity index (χ1) is 17.0. The molecule has 2 unspecified atom stereocenters. The lowest BCUT2D eigenvalue weighted by molar-refractivity contribution is -0.151. The summed E-state index contributed by atoms with van der Waals surface area (Å²) in [6.07, 6.45) is 19.2. The Kier molecular flexibility index (Phi) is 12.6. The molecule has 3 fully saturated rings. The van der Waals surface area contributed by atoms with Crippen LogP contribution in [0.2, 0.25) is 0 Å². The Balaban J connectivity index is 1.81. The summed E-state index contributed by atoms with van der Waals surface area (Å²) in [6.45, 7) is 12.1. The van der Waals surface area contributed by atoms with Gasteiger partial charge in [0.05, 0.1) is 6.10 Å². The number of carbonyl (C=O) groups excluding carboxylic acids is 1. The van der Waals surface area contributed by atoms with E-state index in [0.717, 1.165) is 19.3 Å². The number of aliphatic hydroxyl groups excluding tert-OH is 1. The molecule has 208 valence electrons. The largest absolute Gasteiger partial charge is 0.461 e. The molecule has 0 radical (unpaired) electrons. The second kappa shape index (κ2) is 14.7. The molecule has 0 saturated heterocycles. The van der Waals surface area contributed by atoms with E-state index >= 15 is 0 Å². The monoisotopic (exact) mass is 505 g/mol. The van der Waals surface area contributed by atoms with Crippen molar-refractivity contribution in [3.8, 4) is 0 Å². The molecule has 0 aromatic rings. The van der Waals surface area contributed by atoms with Crippen LogP contribution >= 0.6 is 0 Å². The van der Waals surface area contributed by atoms with Gasteiger partial charge >= 0.3 is 5.97 Å². The lowest BCUT2D eigenvalue weighted by Gasteiger charge is -2.62. The van der Waals surface area contributed by atoms with Gasteiger partial charge in [0.15, 0.2) is 6.04 Å². The third kappa shape index (κ3) is 8.68. The van der Waals surface area contributed by atoms with Gasteiger partial charge in [0.25, 0.3) is 0 Å². The summed E-state index contributed by atoms with van der Waals surface area (Å²) in [7, 11) is 0. The highest BCUT2D eigenvalue weighted by Crippen LogP contribution is 2.61. The molecule has 0 aromatic carbocycles. The highest BCUT2D eigenvalue weighted by Gasteiger charge is 2.61. The van der Waals surface area contributed by atoms with Crippen LogP contribution in [0.15, 0.2) is 17.1 Å². The second-order valence-corrected chi connectivity index (χ2v) is 12.4. The average molecular weight is 506 g/mol. The number of nitrogens with zero attached hydrogens (tertiary/aromatic N) is 1. The van der Waals surface area contributed by atoms with Gasteiger partial charge in [-0.1, -0.05) is 97.1 Å². The van der Waals surface area contributed by atoms with Gasteiger partial charge in [-0.3, -0.25) is 4.99 Å². The Morgan fingerprint density at radius 3 is 2.08 bits per heavy atom. The van der Waals surface area contributed by atoms with Crippen molar-refractivity contribution >= 4 is 11.7 Å². The standard InChI is InChI=1S/C31H55NO4/c1-7-8-9-10-11-12-13-14-15-16-17-18-19-20-25(33)28(29(34)36-23(2)3)32-27-22-24-21-26(30(24,4)5)31(27,6)35/h19-20,23-26,28,33,35H,7-18,21-22H2,1-6H3/t24-,25?,26+,28?,31-/m1/s1. The number of rotatable bonds is 17. The molecule has 3 saturated carbocycles. The number of hydrogen-bond acceptors (Lipinski definition) is 5. The van der Waals surface area contributed by atoms with Crippen molar-refractivity contribution < 1.29 is 19.7 Å². The highest BCUT2D eigenvalue weighted by molar-refractivity contribution is 5.96. The molecule has 5 nitrogen and oxygen atoms in total. The minimum absolute atomic E-state index is 0.0730. The number of aliphatic imine (C=N–C) groups is 1. The summed E-state index contributed by atoms with van der Waals surface area (Å²) in [5, 5.41) is 22.2. The number of carbonyl (C=O) groups is 1. The number of hydrogen-bond donors (Lipinski definition) is 2. The second-order valence-electron chi connectivity index (χ2n) is 12.4. The minimum atomic E-state index is -1.06. The van der Waals surface area contributed by atoms with E-state index in [-0.39, 0.29) is 17.4 Å². The minimum Gasteiger partial charge on any atom is -0.461 e. The molecule has 5 atom stereocenters. The van der Waals surface area contributed by atoms with Crippen LogP contribution in [0.25, 0.3) is 0 Å². The van der Waals surface area contributed by atoms with Crippen LogP contribution in [0.1, 0.15) is 131 Å². The predicted octanol–water partition coefficient (Wildman–Crippen LogP) is 7.18. The van der Waals surface area contributed by atoms with Gasteiger partial charge in [0.1, 0.15) is 11.7 Å². The molecular formula is C31H55NO4. The van der Waals surface area contributed by atoms with E-state index in [2.05, 4.69) is 25.8 Å². The molecule has 0 amide bonds. The fourth-order valence-electron chi connectivity index (χ4n) is 6.15. The van der Waals surface area contributed by atoms with Crippen molar-refractivity contribution in [2.24, 2.45) is 22.2 Å². The Morgan fingerprint density at radius 1 is 1.03 bits per heavy atom. The van der Waals surface area contributed by atoms with Crippen LogP contribution in [-0.2, 0) is 9.53 Å². The van der Waals surface area contributed by atoms with E-state index < -0.39 is 23.7 Å². The summed E-state index contributed by atoms with van der Waals surface area (Å²) in [6, 6.07) is -1.04. The molecular weight excluding hydrogens is 450 g/mol. The summed E-state index contributed by atoms with van der Waals surface area (Å²) in [5.41, 5.74) is -0.358. The van der Waals surface area contributed by atoms with Crippen LogP contribution in [-0.4, -0.2) is 45.7 Å². The van der Waals surface area contributed by atoms with Gasteiger partial charge in [-0.05, 0) is 63.7 Å². The number of aliphatic hydroxyl groups is 2. The van der Waals surface area contributed by atoms with E-state index in [9.17, 15) is 15.0 Å². The Hall–Kier alpha value is -1.20. The topological polar surface area (TPSA) is 79.1 Å². The molecule has 2 bridgehead atoms. The molecule has 0 heterocycles. The molecule has 0 aromatic heterocycles. The number of fused-ring (bicyclic) bond motifs is 2. The normalized spacial score (nSPS) is 27.9. The maximum Gasteiger partial charge on any atom is 0.334 e. The third-order valence-electron chi connectivity index (χ3n) is 8.69. The highest BCUT2D eigenvalue weighted by atomic mass is 16.5. The fourth-order valence-corrected chi connectivity index (χ4v) is 6.15. The third-order valence-corrected chi connectivity index (χ3v) is 8.69. The smallest absolute Gasteiger partial charge is 0.334 e. The lowest BCUT2D eigenvalue weighted by atomic mass is 9.44. The van der Waals surface area contributed by atoms with Gasteiger partial charge in [0, 0.05) is 5.71 Å². The van der Waals surface area contributed by atoms with Crippen molar-refractivity contribution in [1.82, 2.24) is 0 Å². The van der Waals surface area contributed by atoms with Gasteiger partial charge in [0.2, 0.25) is 0 Å². The Labute approximate surface area is 221 Å². The average Bonchev–Trinajstić information content (AvgIpc) is 2.79. The van der Waals surface area contributed by atoms with E-state index in [1.165, 1.54) is 64.2 Å². The molecule has 3 aliphatic carbocycles. The summed E-state index contributed by atoms with van der Waals surface area (Å²) in [5.74, 6) is 0.0497. The number of unbranched alkanes of at least 4 members (excludes halogenated alkanes) is 11. The van der Waals surface area contributed by atoms with Crippen LogP contribution in [0.4, 0.5) is 0 Å². The van der Waals surface area contributed by atoms with E-state index in [1.807, 2.05) is 13.0 Å². The zero-order valence-corrected chi connectivity index (χ0v) is 24.1. The van der Waals surface area contributed by atoms with Crippen molar-refractivity contribution in [2.45, 2.75) is 155 Å². The van der Waals surface area contributed by atoms with E-state index in [4.69, 9.17) is 4.74 Å². The van der Waals surface area contributed by atoms with Crippen molar-refractivity contribution in [2.75, 3.05) is 0 Å². The summed E-state index contributed by atoms with van der Waals surface area (Å²) < 4.78 is 5.42. The van der Waals surface area contributed by atoms with Gasteiger partial charge < -0.3 is 14.9 Å². The summed E-state index contributed by atoms with van der Waals surface area (Å²) in [4.78, 5) is 17.5. The molecule has 5 heteroatoms. The maximum atomic E-state index is 12.8. The number of ether oxygens (including phenoxy) is 1. The SMILES string of the molecule is CCCCCCCCCCCCCC=CC(O)C(N=C1C[C@H]2C[C@@H](C2(C)C)[C@@]1(C)O)C(=O)OC(C)C. The molecule has 0 aliphatic heterocycles. The first-order valence-electron chi connectivity index (χ1n) is 14.9. The summed E-state index contributed by atoms with van der Waals surface area (Å²) >= 11 is 0. The van der Waals surface area contributed by atoms with Gasteiger partial charge in [-0.25, -0.2) is 4.79 Å². The molecule has 2 N–H and O–H groups in total. The Morgan fingerprint density at radius 2 is 1.58 bits per heavy atom. The number of allylic oxidation sites excluding steroid dienone is 1. The van der Waals surface area contributed by atoms with Crippen LogP contribution in [0, 0.1) is 17.3 Å². The lowest BCUT2D eigenvalue weighted by Crippen LogP contribution is -2.65. The van der Waals surface area contributed by atoms with E-state index in [0.29, 0.717) is 18.1 Å². The molecule has 36 heavy (non-hydrogen) atoms. The van der Waals surface area contributed by atoms with Crippen LogP contribution in [0.5, 0.6) is 0 Å². The maximum absolute atomic E-state index is 12.8. The van der Waals surface area contributed by atoms with Gasteiger partial charge in [-0.2, -0.15) is 0 Å². The predicted molar refractivity (Wildman–Crippen MR) is 149 cm³/mol. The first kappa shape index (κ1) is 31.0. The Bertz CT molecular complexity index is 724. The van der Waals surface area contributed by atoms with Crippen LogP contribution < -0.4 is 0 Å². The molecule has 3 aliphatic rings. The zero-order valence-electron chi connectivity index (χ0n) is 24.1. The van der Waals surface area contributed by atoms with Gasteiger partial charge in [-0.15, -0.1) is 0 Å². The van der Waals surface area contributed by atoms with Crippen molar-refractivity contribution in [1.29, 1.82) is 0 Å². The quantitative estimate of drug-likeness (QED) is 0.125. The molecule has 0 spiro atoms. The first-order valence-corrected chi connectivity index (χ1v) is 14.9. The van der Waals surface area contributed by atoms with E-state index in [1.54, 1.807) is 19.9 Å². The van der Waals surface area contributed by atoms with Crippen molar-refractivity contribution in [3.63, 3.8) is 0 Å². The zero-order chi connectivity index (χ0) is 26.8. The number of esters is 1. The fraction of sp³-hybridized carbons (Fsp3) is 0.871.